The zero-order valence-corrected chi connectivity index (χ0v) is 9.72. The summed E-state index contributed by atoms with van der Waals surface area (Å²) < 4.78 is 0. The van der Waals surface area contributed by atoms with Crippen LogP contribution in [-0.2, 0) is 6.42 Å². The molecule has 0 aliphatic carbocycles. The van der Waals surface area contributed by atoms with Crippen LogP contribution in [0.15, 0.2) is 47.5 Å². The first-order valence-corrected chi connectivity index (χ1v) is 5.63. The molecule has 2 aromatic rings. The van der Waals surface area contributed by atoms with E-state index in [0.29, 0.717) is 13.0 Å². The van der Waals surface area contributed by atoms with Crippen molar-refractivity contribution in [3.63, 3.8) is 0 Å². The smallest absolute Gasteiger partial charge is 0.260 e. The fraction of sp³-hybridized carbons (Fsp3) is 0.154. The molecule has 0 saturated heterocycles. The second kappa shape index (κ2) is 5.77. The molecular weight excluding hydrogens is 230 g/mol. The molecule has 0 bridgehead atoms. The number of carbonyl (C=O) groups excluding carboxylic acids is 1. The van der Waals surface area contributed by atoms with E-state index < -0.39 is 0 Å². The fourth-order valence-electron chi connectivity index (χ4n) is 1.55. The highest BCUT2D eigenvalue weighted by Crippen LogP contribution is 1.94. The molecular formula is C13H13N3O2. The van der Waals surface area contributed by atoms with Crippen molar-refractivity contribution >= 4 is 5.91 Å². The van der Waals surface area contributed by atoms with E-state index >= 15 is 0 Å². The summed E-state index contributed by atoms with van der Waals surface area (Å²) in [5.74, 6) is -0.368. The molecule has 0 atom stereocenters. The molecule has 0 aliphatic rings. The third-order valence-corrected chi connectivity index (χ3v) is 2.46. The Morgan fingerprint density at radius 3 is 2.89 bits per heavy atom. The van der Waals surface area contributed by atoms with Crippen LogP contribution in [0, 0.1) is 0 Å². The lowest BCUT2D eigenvalue weighted by Crippen LogP contribution is -2.30. The van der Waals surface area contributed by atoms with Gasteiger partial charge in [0.05, 0.1) is 0 Å². The van der Waals surface area contributed by atoms with Crippen LogP contribution in [-0.4, -0.2) is 22.4 Å². The summed E-state index contributed by atoms with van der Waals surface area (Å²) >= 11 is 0. The quantitative estimate of drug-likeness (QED) is 0.831. The van der Waals surface area contributed by atoms with Crippen molar-refractivity contribution in [3.05, 3.63) is 64.3 Å². The number of rotatable bonds is 4. The Hall–Kier alpha value is -2.43. The Balaban J connectivity index is 1.90. The molecule has 0 fully saturated rings. The molecule has 0 aromatic carbocycles. The molecule has 18 heavy (non-hydrogen) atoms. The molecule has 92 valence electrons. The van der Waals surface area contributed by atoms with Gasteiger partial charge in [-0.3, -0.25) is 14.6 Å². The van der Waals surface area contributed by atoms with Gasteiger partial charge in [-0.15, -0.1) is 0 Å². The first-order chi connectivity index (χ1) is 8.77. The molecule has 0 spiro atoms. The number of aromatic nitrogens is 2. The molecule has 5 heteroatoms. The molecule has 0 unspecified atom stereocenters. The number of H-pyrrole nitrogens is 1. The van der Waals surface area contributed by atoms with Crippen LogP contribution in [0.5, 0.6) is 0 Å². The van der Waals surface area contributed by atoms with Crippen LogP contribution >= 0.6 is 0 Å². The minimum atomic E-state index is -0.382. The molecule has 0 radical (unpaired) electrons. The zero-order chi connectivity index (χ0) is 12.8. The van der Waals surface area contributed by atoms with Crippen molar-refractivity contribution in [3.8, 4) is 0 Å². The SMILES string of the molecule is O=C(NCCc1ccccn1)c1ccc[nH]c1=O. The number of pyridine rings is 2. The highest BCUT2D eigenvalue weighted by molar-refractivity contribution is 5.93. The van der Waals surface area contributed by atoms with E-state index in [1.165, 1.54) is 12.3 Å². The largest absolute Gasteiger partial charge is 0.351 e. The summed E-state index contributed by atoms with van der Waals surface area (Å²) in [5.41, 5.74) is 0.645. The third kappa shape index (κ3) is 3.04. The van der Waals surface area contributed by atoms with Gasteiger partial charge in [0.15, 0.2) is 0 Å². The van der Waals surface area contributed by atoms with Gasteiger partial charge in [-0.25, -0.2) is 0 Å². The maximum atomic E-state index is 11.7. The first kappa shape index (κ1) is 12.0. The molecule has 1 amide bonds. The topological polar surface area (TPSA) is 74.8 Å². The molecule has 2 aromatic heterocycles. The van der Waals surface area contributed by atoms with Crippen molar-refractivity contribution in [2.24, 2.45) is 0 Å². The van der Waals surface area contributed by atoms with Gasteiger partial charge >= 0.3 is 0 Å². The van der Waals surface area contributed by atoms with E-state index in [9.17, 15) is 9.59 Å². The Morgan fingerprint density at radius 1 is 1.28 bits per heavy atom. The van der Waals surface area contributed by atoms with E-state index in [2.05, 4.69) is 15.3 Å². The fourth-order valence-corrected chi connectivity index (χ4v) is 1.55. The van der Waals surface area contributed by atoms with Crippen molar-refractivity contribution in [2.45, 2.75) is 6.42 Å². The third-order valence-electron chi connectivity index (χ3n) is 2.46. The van der Waals surface area contributed by atoms with Crippen molar-refractivity contribution in [2.75, 3.05) is 6.54 Å². The predicted molar refractivity (Wildman–Crippen MR) is 67.3 cm³/mol. The molecule has 2 rings (SSSR count). The average molecular weight is 243 g/mol. The minimum Gasteiger partial charge on any atom is -0.351 e. The molecule has 0 saturated carbocycles. The second-order valence-electron chi connectivity index (χ2n) is 3.74. The van der Waals surface area contributed by atoms with E-state index in [-0.39, 0.29) is 17.0 Å². The second-order valence-corrected chi connectivity index (χ2v) is 3.74. The van der Waals surface area contributed by atoms with Gasteiger partial charge in [0.1, 0.15) is 5.56 Å². The summed E-state index contributed by atoms with van der Waals surface area (Å²) in [5, 5.41) is 2.69. The van der Waals surface area contributed by atoms with Gasteiger partial charge in [-0.05, 0) is 24.3 Å². The van der Waals surface area contributed by atoms with Gasteiger partial charge in [0.25, 0.3) is 11.5 Å². The summed E-state index contributed by atoms with van der Waals surface area (Å²) in [6.45, 7) is 0.449. The monoisotopic (exact) mass is 243 g/mol. The van der Waals surface area contributed by atoms with Crippen molar-refractivity contribution < 1.29 is 4.79 Å². The Bertz CT molecular complexity index is 578. The van der Waals surface area contributed by atoms with Crippen LogP contribution in [0.4, 0.5) is 0 Å². The summed E-state index contributed by atoms with van der Waals surface area (Å²) in [6.07, 6.45) is 3.84. The lowest BCUT2D eigenvalue weighted by Gasteiger charge is -2.03. The van der Waals surface area contributed by atoms with E-state index in [1.54, 1.807) is 12.3 Å². The van der Waals surface area contributed by atoms with Crippen LogP contribution in [0.2, 0.25) is 0 Å². The number of amides is 1. The molecule has 5 nitrogen and oxygen atoms in total. The number of hydrogen-bond donors (Lipinski definition) is 2. The molecule has 2 N–H and O–H groups in total. The number of nitrogens with zero attached hydrogens (tertiary/aromatic N) is 1. The summed E-state index contributed by atoms with van der Waals surface area (Å²) in [7, 11) is 0. The highest BCUT2D eigenvalue weighted by atomic mass is 16.2. The lowest BCUT2D eigenvalue weighted by atomic mass is 10.2. The van der Waals surface area contributed by atoms with Crippen molar-refractivity contribution in [1.82, 2.24) is 15.3 Å². The maximum absolute atomic E-state index is 11.7. The Kier molecular flexibility index (Phi) is 3.86. The van der Waals surface area contributed by atoms with Gasteiger partial charge in [0.2, 0.25) is 0 Å². The first-order valence-electron chi connectivity index (χ1n) is 5.63. The van der Waals surface area contributed by atoms with E-state index in [4.69, 9.17) is 0 Å². The number of hydrogen-bond acceptors (Lipinski definition) is 3. The van der Waals surface area contributed by atoms with Gasteiger partial charge in [-0.1, -0.05) is 6.07 Å². The molecule has 2 heterocycles. The van der Waals surface area contributed by atoms with Crippen LogP contribution in [0.1, 0.15) is 16.1 Å². The maximum Gasteiger partial charge on any atom is 0.260 e. The standard InChI is InChI=1S/C13H13N3O2/c17-12-11(5-3-8-15-12)13(18)16-9-6-10-4-1-2-7-14-10/h1-5,7-8H,6,9H2,(H,15,17)(H,16,18). The van der Waals surface area contributed by atoms with Crippen LogP contribution in [0.3, 0.4) is 0 Å². The van der Waals surface area contributed by atoms with Gasteiger partial charge < -0.3 is 10.3 Å². The average Bonchev–Trinajstić information content (AvgIpc) is 2.40. The lowest BCUT2D eigenvalue weighted by molar-refractivity contribution is 0.0952. The van der Waals surface area contributed by atoms with E-state index in [1.807, 2.05) is 18.2 Å². The van der Waals surface area contributed by atoms with Crippen LogP contribution < -0.4 is 10.9 Å². The number of carbonyl (C=O) groups is 1. The van der Waals surface area contributed by atoms with Gasteiger partial charge in [0, 0.05) is 31.1 Å². The number of nitrogens with one attached hydrogen (secondary N) is 2. The Labute approximate surface area is 104 Å². The highest BCUT2D eigenvalue weighted by Gasteiger charge is 2.08. The predicted octanol–water partition coefficient (Wildman–Crippen LogP) is 0.742. The minimum absolute atomic E-state index is 0.124. The summed E-state index contributed by atoms with van der Waals surface area (Å²) in [6, 6.07) is 8.74. The normalized spacial score (nSPS) is 10.0. The Morgan fingerprint density at radius 2 is 2.17 bits per heavy atom. The number of aromatic amines is 1. The zero-order valence-electron chi connectivity index (χ0n) is 9.72. The molecule has 0 aliphatic heterocycles. The van der Waals surface area contributed by atoms with Crippen LogP contribution in [0.25, 0.3) is 0 Å². The van der Waals surface area contributed by atoms with Crippen molar-refractivity contribution in [1.29, 1.82) is 0 Å². The van der Waals surface area contributed by atoms with E-state index in [0.717, 1.165) is 5.69 Å². The summed E-state index contributed by atoms with van der Waals surface area (Å²) in [4.78, 5) is 29.7. The van der Waals surface area contributed by atoms with Gasteiger partial charge in [-0.2, -0.15) is 0 Å².